The number of aliphatic carboxylic acids is 1. The quantitative estimate of drug-likeness (QED) is 0.730. The first-order valence-electron chi connectivity index (χ1n) is 7.55. The Morgan fingerprint density at radius 2 is 1.95 bits per heavy atom. The number of hydrogen-bond acceptors (Lipinski definition) is 3. The lowest BCUT2D eigenvalue weighted by molar-refractivity contribution is -0.145. The van der Waals surface area contributed by atoms with Gasteiger partial charge >= 0.3 is 5.97 Å². The van der Waals surface area contributed by atoms with Crippen LogP contribution in [0.25, 0.3) is 0 Å². The molecule has 1 aromatic rings. The van der Waals surface area contributed by atoms with Crippen LogP contribution in [0.1, 0.15) is 65.1 Å². The van der Waals surface area contributed by atoms with Crippen molar-refractivity contribution in [2.24, 2.45) is 0 Å². The topological polar surface area (TPSA) is 67.2 Å². The second kappa shape index (κ2) is 7.43. The van der Waals surface area contributed by atoms with Gasteiger partial charge in [-0.05, 0) is 31.7 Å². The van der Waals surface area contributed by atoms with Gasteiger partial charge in [0, 0.05) is 12.7 Å². The largest absolute Gasteiger partial charge is 0.480 e. The number of rotatable bonds is 9. The van der Waals surface area contributed by atoms with Gasteiger partial charge in [-0.15, -0.1) is 0 Å². The molecule has 0 aliphatic heterocycles. The van der Waals surface area contributed by atoms with Crippen LogP contribution < -0.4 is 5.32 Å². The summed E-state index contributed by atoms with van der Waals surface area (Å²) < 4.78 is 1.98. The number of nitrogens with one attached hydrogen (secondary N) is 1. The number of hydrogen-bond donors (Lipinski definition) is 2. The van der Waals surface area contributed by atoms with Crippen LogP contribution in [0, 0.1) is 0 Å². The molecule has 0 fully saturated rings. The van der Waals surface area contributed by atoms with Crippen molar-refractivity contribution in [3.05, 3.63) is 18.0 Å². The Morgan fingerprint density at radius 1 is 1.35 bits per heavy atom. The minimum Gasteiger partial charge on any atom is -0.480 e. The predicted molar refractivity (Wildman–Crippen MR) is 79.6 cm³/mol. The minimum atomic E-state index is -0.849. The molecule has 20 heavy (non-hydrogen) atoms. The summed E-state index contributed by atoms with van der Waals surface area (Å²) in [4.78, 5) is 11.4. The molecule has 1 rings (SSSR count). The summed E-state index contributed by atoms with van der Waals surface area (Å²) in [5.41, 5.74) is 0.0445. The second-order valence-electron chi connectivity index (χ2n) is 5.21. The number of carbonyl (C=O) groups is 1. The highest BCUT2D eigenvalue weighted by atomic mass is 16.4. The van der Waals surface area contributed by atoms with Crippen molar-refractivity contribution in [1.82, 2.24) is 15.1 Å². The van der Waals surface area contributed by atoms with Crippen molar-refractivity contribution in [3.63, 3.8) is 0 Å². The van der Waals surface area contributed by atoms with E-state index in [9.17, 15) is 9.90 Å². The molecule has 5 nitrogen and oxygen atoms in total. The van der Waals surface area contributed by atoms with Gasteiger partial charge in [-0.25, -0.2) is 0 Å². The van der Waals surface area contributed by atoms with E-state index in [-0.39, 0.29) is 0 Å². The number of carboxylic acid groups (broad SMARTS) is 1. The highest BCUT2D eigenvalue weighted by Crippen LogP contribution is 2.17. The second-order valence-corrected chi connectivity index (χ2v) is 5.21. The average molecular weight is 281 g/mol. The van der Waals surface area contributed by atoms with Gasteiger partial charge in [0.15, 0.2) is 0 Å². The van der Waals surface area contributed by atoms with Gasteiger partial charge in [0.25, 0.3) is 0 Å². The molecular weight excluding hydrogens is 254 g/mol. The molecule has 0 aliphatic carbocycles. The first kappa shape index (κ1) is 16.7. The third kappa shape index (κ3) is 3.60. The molecular formula is C15H27N3O2. The third-order valence-electron chi connectivity index (χ3n) is 4.20. The molecule has 0 unspecified atom stereocenters. The van der Waals surface area contributed by atoms with E-state index in [1.54, 1.807) is 0 Å². The lowest BCUT2D eigenvalue weighted by atomic mass is 9.93. The standard InChI is InChI=1S/C15H27N3O2/c1-5-13(6-2)18-10-9-12(17-18)11-16-15(7-3,8-4)14(19)20/h9-10,13,16H,5-8,11H2,1-4H3,(H,19,20). The zero-order valence-electron chi connectivity index (χ0n) is 13.0. The Balaban J connectivity index is 2.72. The van der Waals surface area contributed by atoms with Crippen LogP contribution in [0.5, 0.6) is 0 Å². The molecule has 5 heteroatoms. The Labute approximate surface area is 121 Å². The summed E-state index contributed by atoms with van der Waals surface area (Å²) in [7, 11) is 0. The maximum Gasteiger partial charge on any atom is 0.323 e. The maximum atomic E-state index is 11.4. The van der Waals surface area contributed by atoms with Crippen LogP contribution in [0.4, 0.5) is 0 Å². The summed E-state index contributed by atoms with van der Waals surface area (Å²) in [6.45, 7) is 8.58. The van der Waals surface area contributed by atoms with E-state index in [1.807, 2.05) is 30.8 Å². The van der Waals surface area contributed by atoms with Gasteiger partial charge in [-0.2, -0.15) is 5.10 Å². The Morgan fingerprint density at radius 3 is 2.40 bits per heavy atom. The van der Waals surface area contributed by atoms with Crippen molar-refractivity contribution in [2.45, 2.75) is 71.5 Å². The Bertz CT molecular complexity index is 421. The molecule has 0 amide bonds. The number of carboxylic acids is 1. The van der Waals surface area contributed by atoms with E-state index in [4.69, 9.17) is 0 Å². The van der Waals surface area contributed by atoms with Crippen molar-refractivity contribution < 1.29 is 9.90 Å². The molecule has 2 N–H and O–H groups in total. The fraction of sp³-hybridized carbons (Fsp3) is 0.733. The molecule has 0 spiro atoms. The first-order valence-corrected chi connectivity index (χ1v) is 7.55. The normalized spacial score (nSPS) is 12.1. The van der Waals surface area contributed by atoms with Crippen LogP contribution in [-0.4, -0.2) is 26.4 Å². The van der Waals surface area contributed by atoms with E-state index >= 15 is 0 Å². The molecule has 1 aromatic heterocycles. The Kier molecular flexibility index (Phi) is 6.20. The monoisotopic (exact) mass is 281 g/mol. The maximum absolute atomic E-state index is 11.4. The zero-order chi connectivity index (χ0) is 15.2. The van der Waals surface area contributed by atoms with E-state index in [2.05, 4.69) is 24.3 Å². The molecule has 0 aliphatic rings. The highest BCUT2D eigenvalue weighted by Gasteiger charge is 2.34. The molecule has 0 radical (unpaired) electrons. The lowest BCUT2D eigenvalue weighted by Gasteiger charge is -2.27. The molecule has 0 saturated carbocycles. The Hall–Kier alpha value is -1.36. The van der Waals surface area contributed by atoms with Crippen LogP contribution in [-0.2, 0) is 11.3 Å². The fourth-order valence-corrected chi connectivity index (χ4v) is 2.48. The minimum absolute atomic E-state index is 0.422. The van der Waals surface area contributed by atoms with Crippen molar-refractivity contribution in [2.75, 3.05) is 0 Å². The lowest BCUT2D eigenvalue weighted by Crippen LogP contribution is -2.50. The predicted octanol–water partition coefficient (Wildman–Crippen LogP) is 2.98. The average Bonchev–Trinajstić information content (AvgIpc) is 2.90. The van der Waals surface area contributed by atoms with Crippen molar-refractivity contribution in [1.29, 1.82) is 0 Å². The van der Waals surface area contributed by atoms with E-state index < -0.39 is 11.5 Å². The molecule has 1 heterocycles. The zero-order valence-corrected chi connectivity index (χ0v) is 13.0. The summed E-state index contributed by atoms with van der Waals surface area (Å²) in [6.07, 6.45) is 5.20. The van der Waals surface area contributed by atoms with Gasteiger partial charge in [0.1, 0.15) is 5.54 Å². The van der Waals surface area contributed by atoms with Crippen molar-refractivity contribution in [3.8, 4) is 0 Å². The van der Waals surface area contributed by atoms with E-state index in [1.165, 1.54) is 0 Å². The third-order valence-corrected chi connectivity index (χ3v) is 4.20. The van der Waals surface area contributed by atoms with Crippen LogP contribution in [0.15, 0.2) is 12.3 Å². The summed E-state index contributed by atoms with van der Waals surface area (Å²) >= 11 is 0. The van der Waals surface area contributed by atoms with Crippen LogP contribution in [0.2, 0.25) is 0 Å². The molecule has 0 atom stereocenters. The van der Waals surface area contributed by atoms with E-state index in [0.717, 1.165) is 18.5 Å². The van der Waals surface area contributed by atoms with Gasteiger partial charge < -0.3 is 5.11 Å². The molecule has 114 valence electrons. The number of nitrogens with zero attached hydrogens (tertiary/aromatic N) is 2. The summed E-state index contributed by atoms with van der Waals surface area (Å²) in [6, 6.07) is 2.38. The van der Waals surface area contributed by atoms with Gasteiger partial charge in [-0.1, -0.05) is 27.7 Å². The first-order chi connectivity index (χ1) is 9.52. The fourth-order valence-electron chi connectivity index (χ4n) is 2.48. The summed E-state index contributed by atoms with van der Waals surface area (Å²) in [5.74, 6) is -0.790. The molecule has 0 bridgehead atoms. The van der Waals surface area contributed by atoms with Crippen molar-refractivity contribution >= 4 is 5.97 Å². The molecule has 0 saturated heterocycles. The molecule has 0 aromatic carbocycles. The SMILES string of the molecule is CCC(CC)n1ccc(CNC(CC)(CC)C(=O)O)n1. The highest BCUT2D eigenvalue weighted by molar-refractivity contribution is 5.78. The van der Waals surface area contributed by atoms with Crippen LogP contribution in [0.3, 0.4) is 0 Å². The van der Waals surface area contributed by atoms with Gasteiger partial charge in [0.05, 0.1) is 11.7 Å². The van der Waals surface area contributed by atoms with Gasteiger partial charge in [0.2, 0.25) is 0 Å². The summed E-state index contributed by atoms with van der Waals surface area (Å²) in [5, 5.41) is 17.1. The smallest absolute Gasteiger partial charge is 0.323 e. The number of aromatic nitrogens is 2. The van der Waals surface area contributed by atoms with Crippen LogP contribution >= 0.6 is 0 Å². The van der Waals surface area contributed by atoms with E-state index in [0.29, 0.717) is 25.4 Å². The van der Waals surface area contributed by atoms with Gasteiger partial charge in [-0.3, -0.25) is 14.8 Å².